The van der Waals surface area contributed by atoms with Gasteiger partial charge in [0.2, 0.25) is 5.91 Å². The second kappa shape index (κ2) is 7.90. The van der Waals surface area contributed by atoms with Crippen LogP contribution < -0.4 is 15.4 Å². The lowest BCUT2D eigenvalue weighted by Crippen LogP contribution is -2.30. The van der Waals surface area contributed by atoms with Gasteiger partial charge in [-0.05, 0) is 61.4 Å². The second-order valence-corrected chi connectivity index (χ2v) is 6.19. The molecule has 140 valence electrons. The quantitative estimate of drug-likeness (QED) is 0.792. The number of carbonyl (C=O) groups excluding carboxylic acids is 3. The Morgan fingerprint density at radius 1 is 1.11 bits per heavy atom. The normalized spacial score (nSPS) is 13.8. The number of hydrogen-bond donors (Lipinski definition) is 2. The minimum atomic E-state index is -0.963. The van der Waals surface area contributed by atoms with Crippen LogP contribution in [0.1, 0.15) is 29.3 Å². The van der Waals surface area contributed by atoms with Crippen LogP contribution in [0.4, 0.5) is 11.4 Å². The van der Waals surface area contributed by atoms with Gasteiger partial charge in [-0.25, -0.2) is 4.79 Å². The number of hydrogen-bond acceptors (Lipinski definition) is 5. The van der Waals surface area contributed by atoms with Crippen LogP contribution in [0.2, 0.25) is 0 Å². The molecule has 1 heterocycles. The van der Waals surface area contributed by atoms with Crippen LogP contribution in [0.15, 0.2) is 42.5 Å². The molecule has 0 spiro atoms. The van der Waals surface area contributed by atoms with Gasteiger partial charge in [0, 0.05) is 17.8 Å². The van der Waals surface area contributed by atoms with Crippen molar-refractivity contribution in [2.75, 3.05) is 17.7 Å². The molecule has 1 aliphatic rings. The molecule has 0 unspecified atom stereocenters. The minimum absolute atomic E-state index is 0.0401. The first-order valence-electron chi connectivity index (χ1n) is 8.55. The molecule has 3 rings (SSSR count). The Hall–Kier alpha value is -3.35. The second-order valence-electron chi connectivity index (χ2n) is 6.19. The van der Waals surface area contributed by atoms with Crippen LogP contribution in [0.3, 0.4) is 0 Å². The number of esters is 1. The Kier molecular flexibility index (Phi) is 5.40. The summed E-state index contributed by atoms with van der Waals surface area (Å²) in [6.45, 7) is 1.51. The van der Waals surface area contributed by atoms with Gasteiger partial charge >= 0.3 is 5.97 Å². The topological polar surface area (TPSA) is 93.7 Å². The number of benzene rings is 2. The van der Waals surface area contributed by atoms with Gasteiger partial charge in [-0.3, -0.25) is 9.59 Å². The highest BCUT2D eigenvalue weighted by Crippen LogP contribution is 2.24. The van der Waals surface area contributed by atoms with Crippen LogP contribution in [0.25, 0.3) is 0 Å². The average Bonchev–Trinajstić information content (AvgIpc) is 2.68. The van der Waals surface area contributed by atoms with Crippen LogP contribution in [0.5, 0.6) is 5.75 Å². The first kappa shape index (κ1) is 18.4. The Morgan fingerprint density at radius 3 is 2.56 bits per heavy atom. The van der Waals surface area contributed by atoms with E-state index in [4.69, 9.17) is 9.47 Å². The summed E-state index contributed by atoms with van der Waals surface area (Å²) in [5.41, 5.74) is 2.50. The van der Waals surface area contributed by atoms with Crippen LogP contribution >= 0.6 is 0 Å². The molecule has 27 heavy (non-hydrogen) atoms. The summed E-state index contributed by atoms with van der Waals surface area (Å²) in [4.78, 5) is 36.0. The zero-order valence-electron chi connectivity index (χ0n) is 15.1. The van der Waals surface area contributed by atoms with Gasteiger partial charge in [-0.15, -0.1) is 0 Å². The molecular weight excluding hydrogens is 348 g/mol. The van der Waals surface area contributed by atoms with E-state index < -0.39 is 18.0 Å². The summed E-state index contributed by atoms with van der Waals surface area (Å²) in [5, 5.41) is 5.44. The molecule has 0 saturated carbocycles. The third-order valence-electron chi connectivity index (χ3n) is 4.25. The summed E-state index contributed by atoms with van der Waals surface area (Å²) in [6.07, 6.45) is -0.0163. The van der Waals surface area contributed by atoms with Crippen molar-refractivity contribution < 1.29 is 23.9 Å². The van der Waals surface area contributed by atoms with E-state index in [0.29, 0.717) is 35.5 Å². The standard InChI is InChI=1S/C20H20N2O5/c1-12(19(24)21-15-5-7-16(26-2)8-6-15)27-20(25)14-3-9-17-13(11-14)4-10-18(23)22-17/h3,5-9,11-12H,4,10H2,1-2H3,(H,21,24)(H,22,23)/t12-/m1/s1. The molecule has 7 nitrogen and oxygen atoms in total. The van der Waals surface area contributed by atoms with Crippen molar-refractivity contribution in [3.05, 3.63) is 53.6 Å². The van der Waals surface area contributed by atoms with Crippen molar-refractivity contribution in [1.29, 1.82) is 0 Å². The molecule has 2 aromatic rings. The van der Waals surface area contributed by atoms with Crippen molar-refractivity contribution in [3.63, 3.8) is 0 Å². The number of rotatable bonds is 5. The Bertz CT molecular complexity index is 876. The van der Waals surface area contributed by atoms with Crippen LogP contribution in [0, 0.1) is 0 Å². The minimum Gasteiger partial charge on any atom is -0.497 e. The highest BCUT2D eigenvalue weighted by atomic mass is 16.5. The van der Waals surface area contributed by atoms with Gasteiger partial charge in [-0.1, -0.05) is 0 Å². The molecule has 2 aromatic carbocycles. The molecule has 0 aliphatic carbocycles. The maximum absolute atomic E-state index is 12.3. The van der Waals surface area contributed by atoms with Crippen LogP contribution in [-0.4, -0.2) is 31.0 Å². The van der Waals surface area contributed by atoms with E-state index in [1.807, 2.05) is 0 Å². The zero-order chi connectivity index (χ0) is 19.4. The fourth-order valence-electron chi connectivity index (χ4n) is 2.71. The smallest absolute Gasteiger partial charge is 0.338 e. The number of anilines is 2. The molecule has 2 N–H and O–H groups in total. The summed E-state index contributed by atoms with van der Waals surface area (Å²) in [5.74, 6) is -0.386. The number of nitrogens with one attached hydrogen (secondary N) is 2. The van der Waals surface area contributed by atoms with Gasteiger partial charge in [0.05, 0.1) is 12.7 Å². The van der Waals surface area contributed by atoms with E-state index in [9.17, 15) is 14.4 Å². The molecule has 2 amide bonds. The van der Waals surface area contributed by atoms with Crippen LogP contribution in [-0.2, 0) is 20.7 Å². The Morgan fingerprint density at radius 2 is 1.85 bits per heavy atom. The number of aryl methyl sites for hydroxylation is 1. The maximum Gasteiger partial charge on any atom is 0.338 e. The van der Waals surface area contributed by atoms with Gasteiger partial charge in [0.1, 0.15) is 5.75 Å². The predicted octanol–water partition coefficient (Wildman–Crippen LogP) is 2.76. The molecule has 0 saturated heterocycles. The van der Waals surface area contributed by atoms with E-state index in [0.717, 1.165) is 5.56 Å². The zero-order valence-corrected chi connectivity index (χ0v) is 15.1. The lowest BCUT2D eigenvalue weighted by Gasteiger charge is -2.18. The molecule has 0 fully saturated rings. The molecule has 0 radical (unpaired) electrons. The molecule has 1 atom stereocenters. The maximum atomic E-state index is 12.3. The predicted molar refractivity (Wildman–Crippen MR) is 99.9 cm³/mol. The number of ether oxygens (including phenoxy) is 2. The Labute approximate surface area is 156 Å². The molecule has 1 aliphatic heterocycles. The highest BCUT2D eigenvalue weighted by molar-refractivity contribution is 5.98. The van der Waals surface area contributed by atoms with Gasteiger partial charge in [0.25, 0.3) is 5.91 Å². The van der Waals surface area contributed by atoms with E-state index in [1.165, 1.54) is 6.92 Å². The fraction of sp³-hybridized carbons (Fsp3) is 0.250. The SMILES string of the molecule is COc1ccc(NC(=O)[C@@H](C)OC(=O)c2ccc3c(c2)CCC(=O)N3)cc1. The van der Waals surface area contributed by atoms with Crippen molar-refractivity contribution in [3.8, 4) is 5.75 Å². The average molecular weight is 368 g/mol. The van der Waals surface area contributed by atoms with Crippen molar-refractivity contribution in [1.82, 2.24) is 0 Å². The number of amides is 2. The number of carbonyl (C=O) groups is 3. The number of fused-ring (bicyclic) bond motifs is 1. The van der Waals surface area contributed by atoms with E-state index in [2.05, 4.69) is 10.6 Å². The lowest BCUT2D eigenvalue weighted by molar-refractivity contribution is -0.123. The van der Waals surface area contributed by atoms with E-state index in [1.54, 1.807) is 49.6 Å². The lowest BCUT2D eigenvalue weighted by atomic mass is 10.0. The fourth-order valence-corrected chi connectivity index (χ4v) is 2.71. The first-order valence-corrected chi connectivity index (χ1v) is 8.55. The number of methoxy groups -OCH3 is 1. The van der Waals surface area contributed by atoms with Crippen molar-refractivity contribution in [2.45, 2.75) is 25.9 Å². The van der Waals surface area contributed by atoms with Crippen molar-refractivity contribution in [2.24, 2.45) is 0 Å². The molecule has 0 aromatic heterocycles. The molecular formula is C20H20N2O5. The summed E-state index contributed by atoms with van der Waals surface area (Å²) >= 11 is 0. The summed E-state index contributed by atoms with van der Waals surface area (Å²) in [6, 6.07) is 11.8. The van der Waals surface area contributed by atoms with Gasteiger partial charge in [0.15, 0.2) is 6.10 Å². The third-order valence-corrected chi connectivity index (χ3v) is 4.25. The Balaban J connectivity index is 1.61. The van der Waals surface area contributed by atoms with Gasteiger partial charge < -0.3 is 20.1 Å². The molecule has 7 heteroatoms. The van der Waals surface area contributed by atoms with E-state index >= 15 is 0 Å². The largest absolute Gasteiger partial charge is 0.497 e. The summed E-state index contributed by atoms with van der Waals surface area (Å²) in [7, 11) is 1.56. The third kappa shape index (κ3) is 4.44. The highest BCUT2D eigenvalue weighted by Gasteiger charge is 2.21. The van der Waals surface area contributed by atoms with Gasteiger partial charge in [-0.2, -0.15) is 0 Å². The van der Waals surface area contributed by atoms with E-state index in [-0.39, 0.29) is 5.91 Å². The monoisotopic (exact) mass is 368 g/mol. The molecule has 0 bridgehead atoms. The summed E-state index contributed by atoms with van der Waals surface area (Å²) < 4.78 is 10.3. The van der Waals surface area contributed by atoms with Crippen molar-refractivity contribution >= 4 is 29.2 Å². The first-order chi connectivity index (χ1) is 13.0.